The molecule has 2 N–H and O–H groups in total. The lowest BCUT2D eigenvalue weighted by atomic mass is 10.2. The summed E-state index contributed by atoms with van der Waals surface area (Å²) in [5, 5.41) is 0. The fraction of sp³-hybridized carbons (Fsp3) is 0.214. The van der Waals surface area contributed by atoms with Crippen molar-refractivity contribution in [3.63, 3.8) is 0 Å². The first-order valence-corrected chi connectivity index (χ1v) is 6.07. The summed E-state index contributed by atoms with van der Waals surface area (Å²) in [6.45, 7) is 0.918. The molecule has 2 aromatic rings. The zero-order chi connectivity index (χ0) is 13.4. The van der Waals surface area contributed by atoms with E-state index in [1.807, 2.05) is 13.1 Å². The summed E-state index contributed by atoms with van der Waals surface area (Å²) in [6.07, 6.45) is 2.64. The average Bonchev–Trinajstić information content (AvgIpc) is 2.76. The minimum absolute atomic E-state index is 0.135. The summed E-state index contributed by atoms with van der Waals surface area (Å²) in [7, 11) is 1.97. The van der Waals surface area contributed by atoms with Crippen molar-refractivity contribution >= 4 is 11.4 Å². The topological polar surface area (TPSA) is 51.4 Å². The van der Waals surface area contributed by atoms with E-state index in [2.05, 4.69) is 9.88 Å². The number of anilines is 2. The van der Waals surface area contributed by atoms with Gasteiger partial charge < -0.3 is 15.4 Å². The summed E-state index contributed by atoms with van der Waals surface area (Å²) in [5.74, 6) is 0.0802. The van der Waals surface area contributed by atoms with Crippen LogP contribution in [-0.4, -0.2) is 18.6 Å². The van der Waals surface area contributed by atoms with Crippen LogP contribution in [0.1, 0.15) is 5.56 Å². The van der Waals surface area contributed by atoms with Gasteiger partial charge in [0.2, 0.25) is 5.88 Å². The summed E-state index contributed by atoms with van der Waals surface area (Å²) >= 11 is 0. The molecule has 1 aromatic heterocycles. The molecule has 0 aliphatic carbocycles. The van der Waals surface area contributed by atoms with E-state index in [1.165, 1.54) is 17.7 Å². The number of hydrogen-bond donors (Lipinski definition) is 1. The van der Waals surface area contributed by atoms with Crippen molar-refractivity contribution in [3.05, 3.63) is 41.8 Å². The van der Waals surface area contributed by atoms with Crippen molar-refractivity contribution in [2.75, 3.05) is 24.2 Å². The molecule has 0 atom stereocenters. The van der Waals surface area contributed by atoms with E-state index in [9.17, 15) is 4.39 Å². The van der Waals surface area contributed by atoms with Crippen LogP contribution in [0.3, 0.4) is 0 Å². The van der Waals surface area contributed by atoms with Crippen LogP contribution in [0, 0.1) is 5.82 Å². The second-order valence-corrected chi connectivity index (χ2v) is 4.59. The third-order valence-electron chi connectivity index (χ3n) is 3.24. The number of halogens is 1. The van der Waals surface area contributed by atoms with Gasteiger partial charge in [-0.2, -0.15) is 0 Å². The predicted molar refractivity (Wildman–Crippen MR) is 72.1 cm³/mol. The molecular weight excluding hydrogens is 245 g/mol. The van der Waals surface area contributed by atoms with Crippen LogP contribution < -0.4 is 15.4 Å². The van der Waals surface area contributed by atoms with Crippen LogP contribution in [0.2, 0.25) is 0 Å². The number of ether oxygens (including phenoxy) is 1. The number of rotatable bonds is 2. The number of likely N-dealkylation sites (N-methyl/N-ethyl adjacent to an activating group) is 1. The van der Waals surface area contributed by atoms with Crippen molar-refractivity contribution in [1.29, 1.82) is 0 Å². The number of nitrogens with zero attached hydrogens (tertiary/aromatic N) is 2. The van der Waals surface area contributed by atoms with Gasteiger partial charge in [-0.1, -0.05) is 0 Å². The van der Waals surface area contributed by atoms with Gasteiger partial charge in [0, 0.05) is 31.5 Å². The molecule has 98 valence electrons. The zero-order valence-electron chi connectivity index (χ0n) is 10.6. The molecule has 1 aliphatic rings. The fourth-order valence-electron chi connectivity index (χ4n) is 2.26. The highest BCUT2D eigenvalue weighted by Crippen LogP contribution is 2.37. The lowest BCUT2D eigenvalue weighted by Gasteiger charge is -2.16. The van der Waals surface area contributed by atoms with Crippen LogP contribution >= 0.6 is 0 Å². The van der Waals surface area contributed by atoms with Gasteiger partial charge >= 0.3 is 0 Å². The van der Waals surface area contributed by atoms with Crippen molar-refractivity contribution in [1.82, 2.24) is 4.98 Å². The van der Waals surface area contributed by atoms with Gasteiger partial charge in [0.15, 0.2) is 11.6 Å². The van der Waals surface area contributed by atoms with Crippen LogP contribution in [0.15, 0.2) is 30.5 Å². The highest BCUT2D eigenvalue weighted by Gasteiger charge is 2.22. The molecule has 4 nitrogen and oxygen atoms in total. The molecule has 0 saturated carbocycles. The van der Waals surface area contributed by atoms with E-state index < -0.39 is 5.82 Å². The molecule has 0 radical (unpaired) electrons. The lowest BCUT2D eigenvalue weighted by molar-refractivity contribution is 0.428. The first-order valence-electron chi connectivity index (χ1n) is 6.07. The molecule has 0 amide bonds. The minimum Gasteiger partial charge on any atom is -0.434 e. The quantitative estimate of drug-likeness (QED) is 0.842. The monoisotopic (exact) mass is 259 g/mol. The molecule has 5 heteroatoms. The SMILES string of the molecule is CN1CCc2ccnc(Oc3ccc(N)cc3F)c21. The Morgan fingerprint density at radius 3 is 3.00 bits per heavy atom. The van der Waals surface area contributed by atoms with Crippen molar-refractivity contribution < 1.29 is 9.13 Å². The average molecular weight is 259 g/mol. The smallest absolute Gasteiger partial charge is 0.243 e. The van der Waals surface area contributed by atoms with Gasteiger partial charge in [-0.25, -0.2) is 9.37 Å². The summed E-state index contributed by atoms with van der Waals surface area (Å²) in [4.78, 5) is 6.26. The maximum absolute atomic E-state index is 13.7. The number of nitrogen functional groups attached to an aromatic ring is 1. The van der Waals surface area contributed by atoms with E-state index in [0.29, 0.717) is 11.6 Å². The van der Waals surface area contributed by atoms with E-state index in [1.54, 1.807) is 12.3 Å². The first kappa shape index (κ1) is 11.8. The highest BCUT2D eigenvalue weighted by atomic mass is 19.1. The van der Waals surface area contributed by atoms with Gasteiger partial charge in [-0.3, -0.25) is 0 Å². The standard InChI is InChI=1S/C14H14FN3O/c1-18-7-5-9-4-6-17-14(13(9)18)19-12-3-2-10(16)8-11(12)15/h2-4,6,8H,5,7,16H2,1H3. The largest absolute Gasteiger partial charge is 0.434 e. The van der Waals surface area contributed by atoms with Gasteiger partial charge in [0.05, 0.1) is 0 Å². The Morgan fingerprint density at radius 2 is 2.21 bits per heavy atom. The molecular formula is C14H14FN3O. The Balaban J connectivity index is 1.98. The number of aromatic nitrogens is 1. The van der Waals surface area contributed by atoms with Gasteiger partial charge in [0.1, 0.15) is 5.69 Å². The highest BCUT2D eigenvalue weighted by molar-refractivity contribution is 5.64. The zero-order valence-corrected chi connectivity index (χ0v) is 10.6. The number of nitrogens with two attached hydrogens (primary N) is 1. The fourth-order valence-corrected chi connectivity index (χ4v) is 2.26. The van der Waals surface area contributed by atoms with Crippen LogP contribution in [0.4, 0.5) is 15.8 Å². The summed E-state index contributed by atoms with van der Waals surface area (Å²) < 4.78 is 19.3. The molecule has 19 heavy (non-hydrogen) atoms. The number of benzene rings is 1. The molecule has 0 unspecified atom stereocenters. The Kier molecular flexibility index (Phi) is 2.74. The second-order valence-electron chi connectivity index (χ2n) is 4.59. The van der Waals surface area contributed by atoms with E-state index in [-0.39, 0.29) is 5.75 Å². The van der Waals surface area contributed by atoms with Crippen molar-refractivity contribution in [2.45, 2.75) is 6.42 Å². The summed E-state index contributed by atoms with van der Waals surface area (Å²) in [5.41, 5.74) is 7.98. The molecule has 1 aromatic carbocycles. The third kappa shape index (κ3) is 2.07. The Hall–Kier alpha value is -2.30. The van der Waals surface area contributed by atoms with Crippen LogP contribution in [0.25, 0.3) is 0 Å². The molecule has 0 saturated heterocycles. The molecule has 0 fully saturated rings. The minimum atomic E-state index is -0.486. The Labute approximate surface area is 110 Å². The maximum atomic E-state index is 13.7. The van der Waals surface area contributed by atoms with Crippen LogP contribution in [0.5, 0.6) is 11.6 Å². The van der Waals surface area contributed by atoms with Crippen molar-refractivity contribution in [2.24, 2.45) is 0 Å². The third-order valence-corrected chi connectivity index (χ3v) is 3.24. The lowest BCUT2D eigenvalue weighted by Crippen LogP contribution is -2.13. The van der Waals surface area contributed by atoms with E-state index >= 15 is 0 Å². The Bertz CT molecular complexity index is 630. The predicted octanol–water partition coefficient (Wildman–Crippen LogP) is 2.59. The van der Waals surface area contributed by atoms with Crippen molar-refractivity contribution in [3.8, 4) is 11.6 Å². The molecule has 2 heterocycles. The number of hydrogen-bond acceptors (Lipinski definition) is 4. The second kappa shape index (κ2) is 4.42. The van der Waals surface area contributed by atoms with Crippen LogP contribution in [-0.2, 0) is 6.42 Å². The molecule has 1 aliphatic heterocycles. The number of fused-ring (bicyclic) bond motifs is 1. The van der Waals surface area contributed by atoms with Gasteiger partial charge in [-0.15, -0.1) is 0 Å². The Morgan fingerprint density at radius 1 is 1.37 bits per heavy atom. The first-order chi connectivity index (χ1) is 9.15. The van der Waals surface area contributed by atoms with E-state index in [0.717, 1.165) is 18.7 Å². The molecule has 3 rings (SSSR count). The van der Waals surface area contributed by atoms with Gasteiger partial charge in [0.25, 0.3) is 0 Å². The van der Waals surface area contributed by atoms with Gasteiger partial charge in [-0.05, 0) is 30.2 Å². The maximum Gasteiger partial charge on any atom is 0.243 e. The normalized spacial score (nSPS) is 13.5. The number of pyridine rings is 1. The molecule has 0 spiro atoms. The molecule has 0 bridgehead atoms. The van der Waals surface area contributed by atoms with E-state index in [4.69, 9.17) is 10.5 Å². The summed E-state index contributed by atoms with van der Waals surface area (Å²) in [6, 6.07) is 6.32.